The highest BCUT2D eigenvalue weighted by Gasteiger charge is 2.15. The van der Waals surface area contributed by atoms with Crippen molar-refractivity contribution in [3.8, 4) is 0 Å². The summed E-state index contributed by atoms with van der Waals surface area (Å²) in [5.41, 5.74) is 0. The van der Waals surface area contributed by atoms with Gasteiger partial charge < -0.3 is 19.4 Å². The maximum Gasteiger partial charge on any atom is 0.222 e. The molecule has 0 spiro atoms. The number of nitrogens with zero attached hydrogens (tertiary/aromatic N) is 2. The van der Waals surface area contributed by atoms with Crippen molar-refractivity contribution in [2.45, 2.75) is 38.3 Å². The minimum atomic E-state index is 0.0444. The van der Waals surface area contributed by atoms with Crippen LogP contribution in [0, 0.1) is 0 Å². The molecule has 1 fully saturated rings. The monoisotopic (exact) mass is 281 g/mol. The number of aromatic nitrogens is 2. The van der Waals surface area contributed by atoms with Crippen molar-refractivity contribution >= 4 is 5.91 Å². The van der Waals surface area contributed by atoms with Gasteiger partial charge in [-0.25, -0.2) is 4.98 Å². The van der Waals surface area contributed by atoms with E-state index >= 15 is 0 Å². The molecule has 1 saturated heterocycles. The predicted molar refractivity (Wildman–Crippen MR) is 74.3 cm³/mol. The van der Waals surface area contributed by atoms with Crippen LogP contribution in [-0.4, -0.2) is 47.9 Å². The molecular formula is C14H23N3O3. The summed E-state index contributed by atoms with van der Waals surface area (Å²) in [4.78, 5) is 15.5. The van der Waals surface area contributed by atoms with Crippen LogP contribution < -0.4 is 5.32 Å². The van der Waals surface area contributed by atoms with Gasteiger partial charge in [0.15, 0.2) is 0 Å². The van der Waals surface area contributed by atoms with E-state index < -0.39 is 0 Å². The van der Waals surface area contributed by atoms with Gasteiger partial charge in [0, 0.05) is 38.5 Å². The number of carbonyl (C=O) groups excluding carboxylic acids is 1. The first kappa shape index (κ1) is 15.0. The Balaban J connectivity index is 1.42. The molecule has 6 heteroatoms. The molecule has 0 aliphatic carbocycles. The first-order valence-corrected chi connectivity index (χ1v) is 7.26. The predicted octanol–water partition coefficient (Wildman–Crippen LogP) is 0.975. The lowest BCUT2D eigenvalue weighted by Gasteiger charge is -2.10. The van der Waals surface area contributed by atoms with Crippen LogP contribution in [0.1, 0.15) is 25.7 Å². The fourth-order valence-corrected chi connectivity index (χ4v) is 2.15. The van der Waals surface area contributed by atoms with Crippen LogP contribution in [0.25, 0.3) is 0 Å². The molecule has 2 heterocycles. The number of ether oxygens (including phenoxy) is 2. The lowest BCUT2D eigenvalue weighted by molar-refractivity contribution is -0.122. The second-order valence-corrected chi connectivity index (χ2v) is 4.96. The Labute approximate surface area is 119 Å². The number of hydrogen-bond acceptors (Lipinski definition) is 4. The third-order valence-corrected chi connectivity index (χ3v) is 3.28. The fraction of sp³-hybridized carbons (Fsp3) is 0.714. The van der Waals surface area contributed by atoms with E-state index in [1.54, 1.807) is 12.5 Å². The fourth-order valence-electron chi connectivity index (χ4n) is 2.15. The van der Waals surface area contributed by atoms with Crippen LogP contribution in [0.5, 0.6) is 0 Å². The van der Waals surface area contributed by atoms with E-state index in [9.17, 15) is 4.79 Å². The van der Waals surface area contributed by atoms with Crippen LogP contribution in [0.15, 0.2) is 18.7 Å². The van der Waals surface area contributed by atoms with E-state index in [0.717, 1.165) is 32.4 Å². The first-order chi connectivity index (χ1) is 9.84. The smallest absolute Gasteiger partial charge is 0.222 e. The number of imidazole rings is 1. The number of aryl methyl sites for hydroxylation is 1. The van der Waals surface area contributed by atoms with Crippen LogP contribution in [0.3, 0.4) is 0 Å². The number of rotatable bonds is 9. The summed E-state index contributed by atoms with van der Waals surface area (Å²) in [7, 11) is 0. The number of carbonyl (C=O) groups is 1. The van der Waals surface area contributed by atoms with Crippen LogP contribution in [0.2, 0.25) is 0 Å². The Kier molecular flexibility index (Phi) is 6.53. The Morgan fingerprint density at radius 1 is 1.55 bits per heavy atom. The highest BCUT2D eigenvalue weighted by atomic mass is 16.5. The Morgan fingerprint density at radius 2 is 2.50 bits per heavy atom. The molecule has 1 aliphatic rings. The number of amides is 1. The molecular weight excluding hydrogens is 258 g/mol. The maximum absolute atomic E-state index is 11.6. The molecule has 0 radical (unpaired) electrons. The number of nitrogens with one attached hydrogen (secondary N) is 1. The van der Waals surface area contributed by atoms with Crippen molar-refractivity contribution in [3.63, 3.8) is 0 Å². The Bertz CT molecular complexity index is 375. The van der Waals surface area contributed by atoms with Crippen molar-refractivity contribution in [3.05, 3.63) is 18.7 Å². The van der Waals surface area contributed by atoms with Gasteiger partial charge in [-0.15, -0.1) is 0 Å². The minimum Gasteiger partial charge on any atom is -0.378 e. The SMILES string of the molecule is O=C(CCOCC1CCCO1)NCCCn1ccnc1. The van der Waals surface area contributed by atoms with E-state index in [1.807, 2.05) is 10.8 Å². The normalized spacial score (nSPS) is 18.3. The lowest BCUT2D eigenvalue weighted by Crippen LogP contribution is -2.26. The van der Waals surface area contributed by atoms with Crippen LogP contribution >= 0.6 is 0 Å². The quantitative estimate of drug-likeness (QED) is 0.685. The molecule has 2 rings (SSSR count). The number of hydrogen-bond donors (Lipinski definition) is 1. The molecule has 1 aromatic heterocycles. The standard InChI is InChI=1S/C14H23N3O3/c18-14(4-10-19-11-13-3-1-9-20-13)16-5-2-7-17-8-6-15-12-17/h6,8,12-13H,1-5,7,9-11H2,(H,16,18). The van der Waals surface area contributed by atoms with Crippen molar-refractivity contribution in [1.29, 1.82) is 0 Å². The Hall–Kier alpha value is -1.40. The summed E-state index contributed by atoms with van der Waals surface area (Å²) in [6.45, 7) is 3.46. The Morgan fingerprint density at radius 3 is 3.25 bits per heavy atom. The molecule has 6 nitrogen and oxygen atoms in total. The lowest BCUT2D eigenvalue weighted by atomic mass is 10.2. The van der Waals surface area contributed by atoms with Crippen molar-refractivity contribution < 1.29 is 14.3 Å². The van der Waals surface area contributed by atoms with Gasteiger partial charge in [-0.2, -0.15) is 0 Å². The van der Waals surface area contributed by atoms with Gasteiger partial charge in [-0.05, 0) is 19.3 Å². The summed E-state index contributed by atoms with van der Waals surface area (Å²) >= 11 is 0. The van der Waals surface area contributed by atoms with E-state index in [-0.39, 0.29) is 12.0 Å². The van der Waals surface area contributed by atoms with Gasteiger partial charge in [0.1, 0.15) is 0 Å². The zero-order chi connectivity index (χ0) is 14.0. The second kappa shape index (κ2) is 8.71. The van der Waals surface area contributed by atoms with Crippen molar-refractivity contribution in [1.82, 2.24) is 14.9 Å². The molecule has 112 valence electrons. The van der Waals surface area contributed by atoms with Gasteiger partial charge >= 0.3 is 0 Å². The highest BCUT2D eigenvalue weighted by Crippen LogP contribution is 2.11. The molecule has 1 unspecified atom stereocenters. The third-order valence-electron chi connectivity index (χ3n) is 3.28. The largest absolute Gasteiger partial charge is 0.378 e. The average molecular weight is 281 g/mol. The molecule has 1 atom stereocenters. The second-order valence-electron chi connectivity index (χ2n) is 4.96. The summed E-state index contributed by atoms with van der Waals surface area (Å²) in [5, 5.41) is 2.89. The summed E-state index contributed by atoms with van der Waals surface area (Å²) < 4.78 is 12.9. The van der Waals surface area contributed by atoms with E-state index in [4.69, 9.17) is 9.47 Å². The van der Waals surface area contributed by atoms with Gasteiger partial charge in [0.05, 0.1) is 25.6 Å². The van der Waals surface area contributed by atoms with Gasteiger partial charge in [-0.1, -0.05) is 0 Å². The van der Waals surface area contributed by atoms with Crippen molar-refractivity contribution in [2.24, 2.45) is 0 Å². The van der Waals surface area contributed by atoms with E-state index in [1.165, 1.54) is 0 Å². The molecule has 0 aromatic carbocycles. The van der Waals surface area contributed by atoms with Gasteiger partial charge in [0.25, 0.3) is 0 Å². The molecule has 1 N–H and O–H groups in total. The average Bonchev–Trinajstić information content (AvgIpc) is 3.13. The third kappa shape index (κ3) is 5.71. The molecule has 0 bridgehead atoms. The first-order valence-electron chi connectivity index (χ1n) is 7.26. The van der Waals surface area contributed by atoms with E-state index in [2.05, 4.69) is 10.3 Å². The topological polar surface area (TPSA) is 65.4 Å². The summed E-state index contributed by atoms with van der Waals surface area (Å²) in [6.07, 6.45) is 9.18. The molecule has 0 saturated carbocycles. The highest BCUT2D eigenvalue weighted by molar-refractivity contribution is 5.75. The van der Waals surface area contributed by atoms with Gasteiger partial charge in [-0.3, -0.25) is 4.79 Å². The van der Waals surface area contributed by atoms with Crippen LogP contribution in [-0.2, 0) is 20.8 Å². The zero-order valence-corrected chi connectivity index (χ0v) is 11.8. The zero-order valence-electron chi connectivity index (χ0n) is 11.8. The van der Waals surface area contributed by atoms with Crippen LogP contribution in [0.4, 0.5) is 0 Å². The molecule has 1 amide bonds. The van der Waals surface area contributed by atoms with Gasteiger partial charge in [0.2, 0.25) is 5.91 Å². The van der Waals surface area contributed by atoms with E-state index in [0.29, 0.717) is 26.2 Å². The summed E-state index contributed by atoms with van der Waals surface area (Å²) in [5.74, 6) is 0.0444. The summed E-state index contributed by atoms with van der Waals surface area (Å²) in [6, 6.07) is 0. The minimum absolute atomic E-state index is 0.0444. The molecule has 20 heavy (non-hydrogen) atoms. The molecule has 1 aliphatic heterocycles. The van der Waals surface area contributed by atoms with Crippen molar-refractivity contribution in [2.75, 3.05) is 26.4 Å². The molecule has 1 aromatic rings. The maximum atomic E-state index is 11.6.